The molecule has 0 aliphatic carbocycles. The molecular formula is C22H26ClN3O3. The number of carbonyl (C=O) groups is 1. The Hall–Kier alpha value is -2.73. The fourth-order valence-corrected chi connectivity index (χ4v) is 3.74. The largest absolute Gasteiger partial charge is 0.496 e. The zero-order chi connectivity index (χ0) is 21.0. The molecule has 3 rings (SSSR count). The molecule has 0 aliphatic rings. The summed E-state index contributed by atoms with van der Waals surface area (Å²) in [7, 11) is 3.33. The van der Waals surface area contributed by atoms with Crippen LogP contribution in [-0.4, -0.2) is 34.1 Å². The van der Waals surface area contributed by atoms with Gasteiger partial charge in [-0.25, -0.2) is 4.79 Å². The van der Waals surface area contributed by atoms with Gasteiger partial charge in [0.25, 0.3) is 0 Å². The normalized spacial score (nSPS) is 11.0. The lowest BCUT2D eigenvalue weighted by atomic mass is 10.2. The van der Waals surface area contributed by atoms with Crippen LogP contribution >= 0.6 is 11.6 Å². The van der Waals surface area contributed by atoms with Crippen molar-refractivity contribution in [3.63, 3.8) is 0 Å². The van der Waals surface area contributed by atoms with Crippen molar-refractivity contribution in [3.05, 3.63) is 63.5 Å². The summed E-state index contributed by atoms with van der Waals surface area (Å²) in [6.45, 7) is 3.43. The number of fused-ring (bicyclic) bond motifs is 1. The Balaban J connectivity index is 1.75. The molecule has 7 heteroatoms. The first-order valence-electron chi connectivity index (χ1n) is 9.70. The molecule has 0 bridgehead atoms. The van der Waals surface area contributed by atoms with E-state index in [-0.39, 0.29) is 18.0 Å². The summed E-state index contributed by atoms with van der Waals surface area (Å²) in [6.07, 6.45) is 1.11. The second kappa shape index (κ2) is 9.18. The highest BCUT2D eigenvalue weighted by Crippen LogP contribution is 2.24. The summed E-state index contributed by atoms with van der Waals surface area (Å²) in [5.74, 6) is 0.638. The number of amides is 1. The van der Waals surface area contributed by atoms with Crippen molar-refractivity contribution < 1.29 is 9.53 Å². The van der Waals surface area contributed by atoms with E-state index in [1.807, 2.05) is 31.2 Å². The number of methoxy groups -OCH3 is 1. The van der Waals surface area contributed by atoms with Crippen molar-refractivity contribution in [2.75, 3.05) is 14.2 Å². The number of imidazole rings is 1. The van der Waals surface area contributed by atoms with Crippen LogP contribution in [0.2, 0.25) is 5.02 Å². The van der Waals surface area contributed by atoms with E-state index < -0.39 is 0 Å². The average molecular weight is 416 g/mol. The van der Waals surface area contributed by atoms with Crippen molar-refractivity contribution in [1.29, 1.82) is 0 Å². The highest BCUT2D eigenvalue weighted by atomic mass is 35.5. The third-order valence-corrected chi connectivity index (χ3v) is 5.23. The summed E-state index contributed by atoms with van der Waals surface area (Å²) < 4.78 is 8.82. The van der Waals surface area contributed by atoms with Crippen LogP contribution < -0.4 is 10.4 Å². The molecule has 1 heterocycles. The number of ether oxygens (including phenoxy) is 1. The SMILES string of the molecule is CCCn1c(=O)n(CCC(=O)N(C)Cc2cc(Cl)ccc2OC)c2ccccc21. The second-order valence-electron chi connectivity index (χ2n) is 7.03. The number of hydrogen-bond donors (Lipinski definition) is 0. The lowest BCUT2D eigenvalue weighted by molar-refractivity contribution is -0.130. The van der Waals surface area contributed by atoms with Gasteiger partial charge >= 0.3 is 5.69 Å². The van der Waals surface area contributed by atoms with Crippen LogP contribution in [-0.2, 0) is 24.4 Å². The molecule has 0 radical (unpaired) electrons. The summed E-state index contributed by atoms with van der Waals surface area (Å²) in [4.78, 5) is 27.2. The minimum atomic E-state index is -0.0694. The van der Waals surface area contributed by atoms with Gasteiger partial charge in [0.15, 0.2) is 0 Å². The predicted molar refractivity (Wildman–Crippen MR) is 116 cm³/mol. The quantitative estimate of drug-likeness (QED) is 0.560. The number of benzene rings is 2. The highest BCUT2D eigenvalue weighted by molar-refractivity contribution is 6.30. The van der Waals surface area contributed by atoms with Gasteiger partial charge in [-0.3, -0.25) is 13.9 Å². The molecule has 0 aliphatic heterocycles. The Bertz CT molecular complexity index is 1070. The third-order valence-electron chi connectivity index (χ3n) is 5.00. The molecule has 154 valence electrons. The molecule has 0 atom stereocenters. The van der Waals surface area contributed by atoms with Gasteiger partial charge in [-0.2, -0.15) is 0 Å². The molecule has 0 saturated carbocycles. The maximum Gasteiger partial charge on any atom is 0.329 e. The lowest BCUT2D eigenvalue weighted by Gasteiger charge is -2.19. The van der Waals surface area contributed by atoms with Gasteiger partial charge in [0.2, 0.25) is 5.91 Å². The molecular weight excluding hydrogens is 390 g/mol. The topological polar surface area (TPSA) is 56.5 Å². The van der Waals surface area contributed by atoms with E-state index in [9.17, 15) is 9.59 Å². The third kappa shape index (κ3) is 4.48. The number of halogens is 1. The molecule has 2 aromatic carbocycles. The van der Waals surface area contributed by atoms with Crippen molar-refractivity contribution in [3.8, 4) is 5.75 Å². The number of nitrogens with zero attached hydrogens (tertiary/aromatic N) is 3. The number of aryl methyl sites for hydroxylation is 2. The van der Waals surface area contributed by atoms with E-state index in [2.05, 4.69) is 0 Å². The van der Waals surface area contributed by atoms with Crippen LogP contribution in [0.25, 0.3) is 11.0 Å². The Morgan fingerprint density at radius 1 is 1.10 bits per heavy atom. The monoisotopic (exact) mass is 415 g/mol. The number of rotatable bonds is 8. The molecule has 1 amide bonds. The lowest BCUT2D eigenvalue weighted by Crippen LogP contribution is -2.30. The van der Waals surface area contributed by atoms with Gasteiger partial charge in [0.1, 0.15) is 5.75 Å². The standard InChI is InChI=1S/C22H26ClN3O3/c1-4-12-25-18-7-5-6-8-19(18)26(22(25)28)13-11-21(27)24(2)15-16-14-17(23)9-10-20(16)29-3/h5-10,14H,4,11-13,15H2,1-3H3. The van der Waals surface area contributed by atoms with E-state index in [0.29, 0.717) is 30.4 Å². The minimum Gasteiger partial charge on any atom is -0.496 e. The van der Waals surface area contributed by atoms with Crippen molar-refractivity contribution >= 4 is 28.5 Å². The number of carbonyl (C=O) groups excluding carboxylic acids is 1. The van der Waals surface area contributed by atoms with Crippen LogP contribution in [0.15, 0.2) is 47.3 Å². The van der Waals surface area contributed by atoms with Crippen molar-refractivity contribution in [2.45, 2.75) is 39.4 Å². The van der Waals surface area contributed by atoms with E-state index >= 15 is 0 Å². The molecule has 0 unspecified atom stereocenters. The molecule has 6 nitrogen and oxygen atoms in total. The van der Waals surface area contributed by atoms with E-state index in [1.54, 1.807) is 46.4 Å². The minimum absolute atomic E-state index is 0.0498. The van der Waals surface area contributed by atoms with Gasteiger partial charge in [-0.15, -0.1) is 0 Å². The summed E-state index contributed by atoms with van der Waals surface area (Å²) in [6, 6.07) is 13.1. The van der Waals surface area contributed by atoms with Gasteiger partial charge in [-0.05, 0) is 36.8 Å². The van der Waals surface area contributed by atoms with Crippen LogP contribution in [0.5, 0.6) is 5.75 Å². The molecule has 0 N–H and O–H groups in total. The van der Waals surface area contributed by atoms with Gasteiger partial charge in [0, 0.05) is 43.7 Å². The maximum atomic E-state index is 12.8. The zero-order valence-corrected chi connectivity index (χ0v) is 17.8. The summed E-state index contributed by atoms with van der Waals surface area (Å²) in [5, 5.41) is 0.594. The van der Waals surface area contributed by atoms with Gasteiger partial charge < -0.3 is 9.64 Å². The number of para-hydroxylation sites is 2. The second-order valence-corrected chi connectivity index (χ2v) is 7.47. The van der Waals surface area contributed by atoms with E-state index in [4.69, 9.17) is 16.3 Å². The van der Waals surface area contributed by atoms with Crippen LogP contribution in [0.1, 0.15) is 25.3 Å². The Labute approximate surface area is 175 Å². The highest BCUT2D eigenvalue weighted by Gasteiger charge is 2.16. The fourth-order valence-electron chi connectivity index (χ4n) is 3.54. The fraction of sp³-hybridized carbons (Fsp3) is 0.364. The summed E-state index contributed by atoms with van der Waals surface area (Å²) >= 11 is 6.08. The van der Waals surface area contributed by atoms with Crippen molar-refractivity contribution in [2.24, 2.45) is 0 Å². The Morgan fingerprint density at radius 3 is 2.38 bits per heavy atom. The molecule has 0 saturated heterocycles. The van der Waals surface area contributed by atoms with Gasteiger partial charge in [-0.1, -0.05) is 30.7 Å². The van der Waals surface area contributed by atoms with Crippen LogP contribution in [0, 0.1) is 0 Å². The Kier molecular flexibility index (Phi) is 6.64. The predicted octanol–water partition coefficient (Wildman–Crippen LogP) is 3.92. The van der Waals surface area contributed by atoms with Crippen LogP contribution in [0.3, 0.4) is 0 Å². The van der Waals surface area contributed by atoms with Crippen LogP contribution in [0.4, 0.5) is 0 Å². The first-order chi connectivity index (χ1) is 14.0. The average Bonchev–Trinajstić information content (AvgIpc) is 2.98. The number of hydrogen-bond acceptors (Lipinski definition) is 3. The molecule has 1 aromatic heterocycles. The maximum absolute atomic E-state index is 12.8. The van der Waals surface area contributed by atoms with E-state index in [0.717, 1.165) is 23.0 Å². The first kappa shape index (κ1) is 21.0. The molecule has 0 spiro atoms. The van der Waals surface area contributed by atoms with Gasteiger partial charge in [0.05, 0.1) is 18.1 Å². The zero-order valence-electron chi connectivity index (χ0n) is 17.0. The molecule has 0 fully saturated rings. The number of aromatic nitrogens is 2. The Morgan fingerprint density at radius 2 is 1.76 bits per heavy atom. The molecule has 3 aromatic rings. The van der Waals surface area contributed by atoms with Crippen molar-refractivity contribution in [1.82, 2.24) is 14.0 Å². The smallest absolute Gasteiger partial charge is 0.329 e. The molecule has 29 heavy (non-hydrogen) atoms. The first-order valence-corrected chi connectivity index (χ1v) is 10.1. The van der Waals surface area contributed by atoms with E-state index in [1.165, 1.54) is 0 Å². The summed E-state index contributed by atoms with van der Waals surface area (Å²) in [5.41, 5.74) is 2.54.